The Morgan fingerprint density at radius 3 is 2.42 bits per heavy atom. The topological polar surface area (TPSA) is 76.2 Å². The lowest BCUT2D eigenvalue weighted by Gasteiger charge is -1.92. The Morgan fingerprint density at radius 2 is 2.08 bits per heavy atom. The van der Waals surface area contributed by atoms with Crippen LogP contribution in [0.5, 0.6) is 0 Å². The number of carbonyl (C=O) groups is 1. The van der Waals surface area contributed by atoms with Gasteiger partial charge in [-0.15, -0.1) is 0 Å². The molecule has 0 fully saturated rings. The first-order valence-electron chi connectivity index (χ1n) is 3.65. The summed E-state index contributed by atoms with van der Waals surface area (Å²) in [6.07, 6.45) is 1.22. The van der Waals surface area contributed by atoms with Gasteiger partial charge in [0.2, 0.25) is 0 Å². The maximum atomic E-state index is 10.2. The molecule has 0 saturated carbocycles. The van der Waals surface area contributed by atoms with E-state index in [1.807, 2.05) is 13.8 Å². The van der Waals surface area contributed by atoms with Gasteiger partial charge in [-0.1, -0.05) is 13.8 Å². The van der Waals surface area contributed by atoms with E-state index in [4.69, 9.17) is 10.8 Å². The van der Waals surface area contributed by atoms with Crippen molar-refractivity contribution in [2.24, 2.45) is 0 Å². The summed E-state index contributed by atoms with van der Waals surface area (Å²) in [5, 5.41) is 8.39. The Morgan fingerprint density at radius 1 is 1.50 bits per heavy atom. The predicted octanol–water partition coefficient (Wildman–Crippen LogP) is 1.39. The van der Waals surface area contributed by atoms with Crippen molar-refractivity contribution in [2.45, 2.75) is 13.8 Å². The van der Waals surface area contributed by atoms with Crippen molar-refractivity contribution < 1.29 is 9.90 Å². The summed E-state index contributed by atoms with van der Waals surface area (Å²) < 4.78 is 0. The molecule has 3 N–H and O–H groups in total. The summed E-state index contributed by atoms with van der Waals surface area (Å²) >= 11 is 0. The fraction of sp³-hybridized carbons (Fsp3) is 0.250. The fourth-order valence-corrected chi connectivity index (χ4v) is 0.532. The third-order valence-electron chi connectivity index (χ3n) is 1.03. The lowest BCUT2D eigenvalue weighted by molar-refractivity contribution is 0.0696. The summed E-state index contributed by atoms with van der Waals surface area (Å²) in [4.78, 5) is 13.8. The second kappa shape index (κ2) is 5.12. The molecular formula is C8H12N2O2. The number of nitrogen functional groups attached to an aromatic ring is 1. The van der Waals surface area contributed by atoms with Gasteiger partial charge in [-0.3, -0.25) is 0 Å². The number of hydrogen-bond acceptors (Lipinski definition) is 3. The van der Waals surface area contributed by atoms with E-state index >= 15 is 0 Å². The number of rotatable bonds is 1. The van der Waals surface area contributed by atoms with Crippen molar-refractivity contribution in [2.75, 3.05) is 5.73 Å². The van der Waals surface area contributed by atoms with Gasteiger partial charge in [-0.25, -0.2) is 9.78 Å². The summed E-state index contributed by atoms with van der Waals surface area (Å²) in [6, 6.07) is 2.86. The standard InChI is InChI=1S/C6H6N2O2.C2H6/c7-5-2-1-4(3-8-5)6(9)10;1-2/h1-3H,(H2,7,8)(H,9,10);1-2H3. The Hall–Kier alpha value is -1.58. The third-order valence-corrected chi connectivity index (χ3v) is 1.03. The molecule has 4 heteroatoms. The molecule has 0 bridgehead atoms. The first-order chi connectivity index (χ1) is 5.70. The van der Waals surface area contributed by atoms with E-state index in [-0.39, 0.29) is 5.56 Å². The molecule has 0 radical (unpaired) electrons. The number of nitrogens with zero attached hydrogens (tertiary/aromatic N) is 1. The molecule has 1 aromatic rings. The van der Waals surface area contributed by atoms with Gasteiger partial charge in [-0.2, -0.15) is 0 Å². The van der Waals surface area contributed by atoms with Gasteiger partial charge in [0.15, 0.2) is 0 Å². The molecule has 12 heavy (non-hydrogen) atoms. The van der Waals surface area contributed by atoms with E-state index < -0.39 is 5.97 Å². The van der Waals surface area contributed by atoms with Gasteiger partial charge in [-0.05, 0) is 12.1 Å². The van der Waals surface area contributed by atoms with Gasteiger partial charge in [0.05, 0.1) is 5.56 Å². The normalized spacial score (nSPS) is 8.17. The van der Waals surface area contributed by atoms with E-state index in [1.165, 1.54) is 18.3 Å². The Balaban J connectivity index is 0.000000561. The maximum absolute atomic E-state index is 10.2. The number of pyridine rings is 1. The lowest BCUT2D eigenvalue weighted by Crippen LogP contribution is -1.98. The fourth-order valence-electron chi connectivity index (χ4n) is 0.532. The monoisotopic (exact) mass is 168 g/mol. The predicted molar refractivity (Wildman–Crippen MR) is 47.0 cm³/mol. The van der Waals surface area contributed by atoms with E-state index in [0.717, 1.165) is 0 Å². The SMILES string of the molecule is CC.Nc1ccc(C(=O)O)cn1. The number of hydrogen-bond donors (Lipinski definition) is 2. The highest BCUT2D eigenvalue weighted by Crippen LogP contribution is 1.99. The Labute approximate surface area is 71.0 Å². The molecule has 1 aromatic heterocycles. The van der Waals surface area contributed by atoms with Gasteiger partial charge >= 0.3 is 5.97 Å². The lowest BCUT2D eigenvalue weighted by atomic mass is 10.3. The van der Waals surface area contributed by atoms with Gasteiger partial charge < -0.3 is 10.8 Å². The van der Waals surface area contributed by atoms with Crippen LogP contribution >= 0.6 is 0 Å². The van der Waals surface area contributed by atoms with Crippen molar-refractivity contribution in [1.82, 2.24) is 4.98 Å². The van der Waals surface area contributed by atoms with Crippen molar-refractivity contribution >= 4 is 11.8 Å². The number of aromatic nitrogens is 1. The van der Waals surface area contributed by atoms with Gasteiger partial charge in [0.1, 0.15) is 5.82 Å². The van der Waals surface area contributed by atoms with E-state index in [2.05, 4.69) is 4.98 Å². The first-order valence-corrected chi connectivity index (χ1v) is 3.65. The quantitative estimate of drug-likeness (QED) is 0.664. The van der Waals surface area contributed by atoms with Crippen molar-refractivity contribution in [3.63, 3.8) is 0 Å². The van der Waals surface area contributed by atoms with Crippen LogP contribution in [-0.2, 0) is 0 Å². The number of carboxylic acid groups (broad SMARTS) is 1. The number of carboxylic acids is 1. The van der Waals surface area contributed by atoms with E-state index in [9.17, 15) is 4.79 Å². The molecule has 0 spiro atoms. The molecule has 4 nitrogen and oxygen atoms in total. The Bertz CT molecular complexity index is 244. The zero-order valence-corrected chi connectivity index (χ0v) is 7.11. The summed E-state index contributed by atoms with van der Waals surface area (Å²) in [6.45, 7) is 4.00. The largest absolute Gasteiger partial charge is 0.478 e. The molecule has 66 valence electrons. The minimum Gasteiger partial charge on any atom is -0.478 e. The van der Waals surface area contributed by atoms with Crippen LogP contribution in [0.1, 0.15) is 24.2 Å². The van der Waals surface area contributed by atoms with Gasteiger partial charge in [0, 0.05) is 6.20 Å². The van der Waals surface area contributed by atoms with Crippen LogP contribution in [0.2, 0.25) is 0 Å². The maximum Gasteiger partial charge on any atom is 0.337 e. The molecule has 0 atom stereocenters. The molecule has 0 saturated heterocycles. The first kappa shape index (κ1) is 10.4. The van der Waals surface area contributed by atoms with Crippen molar-refractivity contribution in [3.05, 3.63) is 23.9 Å². The van der Waals surface area contributed by atoms with E-state index in [0.29, 0.717) is 5.82 Å². The number of aromatic carboxylic acids is 1. The molecule has 0 aliphatic carbocycles. The third kappa shape index (κ3) is 3.01. The average molecular weight is 168 g/mol. The highest BCUT2D eigenvalue weighted by Gasteiger charge is 1.99. The van der Waals surface area contributed by atoms with Crippen LogP contribution in [-0.4, -0.2) is 16.1 Å². The number of anilines is 1. The summed E-state index contributed by atoms with van der Waals surface area (Å²) in [5.41, 5.74) is 5.37. The minimum absolute atomic E-state index is 0.147. The van der Waals surface area contributed by atoms with Crippen LogP contribution in [0.25, 0.3) is 0 Å². The van der Waals surface area contributed by atoms with Crippen molar-refractivity contribution in [3.8, 4) is 0 Å². The Kier molecular flexibility index (Phi) is 4.45. The zero-order valence-electron chi connectivity index (χ0n) is 7.11. The molecular weight excluding hydrogens is 156 g/mol. The van der Waals surface area contributed by atoms with Crippen molar-refractivity contribution in [1.29, 1.82) is 0 Å². The zero-order chi connectivity index (χ0) is 9.56. The van der Waals surface area contributed by atoms with Crippen LogP contribution < -0.4 is 5.73 Å². The number of nitrogens with two attached hydrogens (primary N) is 1. The highest BCUT2D eigenvalue weighted by atomic mass is 16.4. The molecule has 0 amide bonds. The molecule has 0 aliphatic heterocycles. The summed E-state index contributed by atoms with van der Waals surface area (Å²) in [5.74, 6) is -0.669. The minimum atomic E-state index is -0.993. The van der Waals surface area contributed by atoms with Crippen LogP contribution in [0.3, 0.4) is 0 Å². The second-order valence-corrected chi connectivity index (χ2v) is 1.78. The second-order valence-electron chi connectivity index (χ2n) is 1.78. The summed E-state index contributed by atoms with van der Waals surface area (Å²) in [7, 11) is 0. The van der Waals surface area contributed by atoms with Crippen LogP contribution in [0, 0.1) is 0 Å². The van der Waals surface area contributed by atoms with Crippen LogP contribution in [0.4, 0.5) is 5.82 Å². The highest BCUT2D eigenvalue weighted by molar-refractivity contribution is 5.87. The average Bonchev–Trinajstić information content (AvgIpc) is 2.09. The molecule has 1 heterocycles. The smallest absolute Gasteiger partial charge is 0.337 e. The molecule has 0 unspecified atom stereocenters. The molecule has 1 rings (SSSR count). The van der Waals surface area contributed by atoms with Crippen LogP contribution in [0.15, 0.2) is 18.3 Å². The molecule has 0 aliphatic rings. The van der Waals surface area contributed by atoms with Gasteiger partial charge in [0.25, 0.3) is 0 Å². The molecule has 0 aromatic carbocycles. The van der Waals surface area contributed by atoms with E-state index in [1.54, 1.807) is 0 Å².